The molecule has 120 valence electrons. The van der Waals surface area contributed by atoms with Crippen LogP contribution >= 0.6 is 0 Å². The van der Waals surface area contributed by atoms with Crippen LogP contribution < -0.4 is 4.90 Å². The Labute approximate surface area is 136 Å². The Balaban J connectivity index is 1.73. The summed E-state index contributed by atoms with van der Waals surface area (Å²) in [5, 5.41) is 0. The molecule has 1 aliphatic heterocycles. The number of aromatic nitrogens is 2. The third kappa shape index (κ3) is 3.56. The molecule has 0 fully saturated rings. The fourth-order valence-electron chi connectivity index (χ4n) is 2.97. The van der Waals surface area contributed by atoms with Crippen LogP contribution in [0.1, 0.15) is 23.5 Å². The van der Waals surface area contributed by atoms with Crippen molar-refractivity contribution in [3.8, 4) is 0 Å². The maximum atomic E-state index is 12.7. The van der Waals surface area contributed by atoms with Crippen molar-refractivity contribution >= 4 is 11.6 Å². The maximum absolute atomic E-state index is 12.7. The van der Waals surface area contributed by atoms with Gasteiger partial charge >= 0.3 is 0 Å². The standard InChI is InChI=1S/C18H21N3O2/c1-13-19-10-9-15(20-13)7-8-18(22)21-12-16(23-2)11-14-5-3-4-6-17(14)21/h3-6,9-10,16H,7-8,11-12H2,1-2H3. The van der Waals surface area contributed by atoms with Gasteiger partial charge < -0.3 is 9.64 Å². The quantitative estimate of drug-likeness (QED) is 0.869. The van der Waals surface area contributed by atoms with Gasteiger partial charge in [0, 0.05) is 37.5 Å². The number of hydrogen-bond donors (Lipinski definition) is 0. The monoisotopic (exact) mass is 311 g/mol. The summed E-state index contributed by atoms with van der Waals surface area (Å²) in [5.41, 5.74) is 3.07. The molecule has 1 aliphatic rings. The van der Waals surface area contributed by atoms with Crippen LogP contribution in [0.15, 0.2) is 36.5 Å². The summed E-state index contributed by atoms with van der Waals surface area (Å²) >= 11 is 0. The van der Waals surface area contributed by atoms with E-state index in [4.69, 9.17) is 4.74 Å². The highest BCUT2D eigenvalue weighted by atomic mass is 16.5. The molecule has 2 heterocycles. The Morgan fingerprint density at radius 1 is 1.35 bits per heavy atom. The molecule has 0 bridgehead atoms. The largest absolute Gasteiger partial charge is 0.379 e. The number of benzene rings is 1. The van der Waals surface area contributed by atoms with Crippen LogP contribution in [0.3, 0.4) is 0 Å². The van der Waals surface area contributed by atoms with Gasteiger partial charge in [-0.2, -0.15) is 0 Å². The Bertz CT molecular complexity index is 702. The number of nitrogens with zero attached hydrogens (tertiary/aromatic N) is 3. The summed E-state index contributed by atoms with van der Waals surface area (Å²) in [4.78, 5) is 23.0. The molecule has 0 aliphatic carbocycles. The average Bonchev–Trinajstić information content (AvgIpc) is 2.58. The molecule has 1 amide bonds. The van der Waals surface area contributed by atoms with E-state index in [9.17, 15) is 4.79 Å². The van der Waals surface area contributed by atoms with E-state index in [1.807, 2.05) is 36.1 Å². The van der Waals surface area contributed by atoms with E-state index in [-0.39, 0.29) is 12.0 Å². The van der Waals surface area contributed by atoms with Gasteiger partial charge in [-0.05, 0) is 31.0 Å². The fourth-order valence-corrected chi connectivity index (χ4v) is 2.97. The lowest BCUT2D eigenvalue weighted by Gasteiger charge is -2.34. The van der Waals surface area contributed by atoms with Crippen molar-refractivity contribution in [1.29, 1.82) is 0 Å². The maximum Gasteiger partial charge on any atom is 0.227 e. The molecule has 2 aromatic rings. The van der Waals surface area contributed by atoms with Crippen molar-refractivity contribution in [2.45, 2.75) is 32.3 Å². The number of rotatable bonds is 4. The molecule has 0 spiro atoms. The Morgan fingerprint density at radius 2 is 2.17 bits per heavy atom. The fraction of sp³-hybridized carbons (Fsp3) is 0.389. The molecular weight excluding hydrogens is 290 g/mol. The van der Waals surface area contributed by atoms with Gasteiger partial charge in [-0.3, -0.25) is 4.79 Å². The molecule has 1 aromatic heterocycles. The summed E-state index contributed by atoms with van der Waals surface area (Å²) in [5.74, 6) is 0.841. The van der Waals surface area contributed by atoms with Gasteiger partial charge in [0.2, 0.25) is 5.91 Å². The molecule has 23 heavy (non-hydrogen) atoms. The van der Waals surface area contributed by atoms with Gasteiger partial charge in [0.15, 0.2) is 0 Å². The summed E-state index contributed by atoms with van der Waals surface area (Å²) in [6.07, 6.45) is 3.69. The molecule has 5 heteroatoms. The highest BCUT2D eigenvalue weighted by molar-refractivity contribution is 5.94. The number of anilines is 1. The van der Waals surface area contributed by atoms with Gasteiger partial charge in [0.05, 0.1) is 12.6 Å². The minimum Gasteiger partial charge on any atom is -0.379 e. The molecule has 1 atom stereocenters. The number of amides is 1. The molecule has 3 rings (SSSR count). The molecule has 0 radical (unpaired) electrons. The van der Waals surface area contributed by atoms with Crippen LogP contribution in [0.4, 0.5) is 5.69 Å². The van der Waals surface area contributed by atoms with Crippen molar-refractivity contribution in [3.05, 3.63) is 53.6 Å². The number of para-hydroxylation sites is 1. The summed E-state index contributed by atoms with van der Waals surface area (Å²) in [6.45, 7) is 2.46. The topological polar surface area (TPSA) is 55.3 Å². The molecule has 0 saturated heterocycles. The number of carbonyl (C=O) groups excluding carboxylic acids is 1. The van der Waals surface area contributed by atoms with Crippen LogP contribution in [0.25, 0.3) is 0 Å². The third-order valence-electron chi connectivity index (χ3n) is 4.18. The number of methoxy groups -OCH3 is 1. The Kier molecular flexibility index (Phi) is 4.67. The second-order valence-electron chi connectivity index (χ2n) is 5.79. The molecular formula is C18H21N3O2. The number of ether oxygens (including phenoxy) is 1. The Hall–Kier alpha value is -2.27. The minimum absolute atomic E-state index is 0.0511. The van der Waals surface area contributed by atoms with Crippen LogP contribution in [0.2, 0.25) is 0 Å². The van der Waals surface area contributed by atoms with Crippen molar-refractivity contribution in [3.63, 3.8) is 0 Å². The number of aryl methyl sites for hydroxylation is 2. The third-order valence-corrected chi connectivity index (χ3v) is 4.18. The average molecular weight is 311 g/mol. The van der Waals surface area contributed by atoms with Crippen LogP contribution in [0, 0.1) is 6.92 Å². The van der Waals surface area contributed by atoms with Crippen LogP contribution in [0.5, 0.6) is 0 Å². The van der Waals surface area contributed by atoms with Gasteiger partial charge in [-0.1, -0.05) is 18.2 Å². The summed E-state index contributed by atoms with van der Waals surface area (Å²) in [7, 11) is 1.70. The van der Waals surface area contributed by atoms with E-state index in [1.165, 1.54) is 0 Å². The zero-order valence-electron chi connectivity index (χ0n) is 13.5. The highest BCUT2D eigenvalue weighted by Crippen LogP contribution is 2.28. The van der Waals surface area contributed by atoms with Crippen molar-refractivity contribution in [2.24, 2.45) is 0 Å². The van der Waals surface area contributed by atoms with E-state index in [0.717, 1.165) is 29.2 Å². The van der Waals surface area contributed by atoms with E-state index in [1.54, 1.807) is 13.3 Å². The van der Waals surface area contributed by atoms with Crippen molar-refractivity contribution in [1.82, 2.24) is 9.97 Å². The number of carbonyl (C=O) groups is 1. The van der Waals surface area contributed by atoms with E-state index < -0.39 is 0 Å². The first kappa shape index (κ1) is 15.6. The van der Waals surface area contributed by atoms with E-state index in [0.29, 0.717) is 19.4 Å². The van der Waals surface area contributed by atoms with Crippen molar-refractivity contribution < 1.29 is 9.53 Å². The zero-order chi connectivity index (χ0) is 16.2. The van der Waals surface area contributed by atoms with Gasteiger partial charge in [-0.25, -0.2) is 9.97 Å². The van der Waals surface area contributed by atoms with Gasteiger partial charge in [-0.15, -0.1) is 0 Å². The van der Waals surface area contributed by atoms with Crippen LogP contribution in [-0.2, 0) is 22.4 Å². The normalized spacial score (nSPS) is 17.0. The molecule has 0 N–H and O–H groups in total. The lowest BCUT2D eigenvalue weighted by molar-refractivity contribution is -0.119. The molecule has 5 nitrogen and oxygen atoms in total. The molecule has 1 aromatic carbocycles. The lowest BCUT2D eigenvalue weighted by Crippen LogP contribution is -2.43. The van der Waals surface area contributed by atoms with Gasteiger partial charge in [0.25, 0.3) is 0 Å². The second-order valence-corrected chi connectivity index (χ2v) is 5.79. The SMILES string of the molecule is COC1Cc2ccccc2N(C(=O)CCc2ccnc(C)n2)C1. The summed E-state index contributed by atoms with van der Waals surface area (Å²) < 4.78 is 5.49. The van der Waals surface area contributed by atoms with E-state index >= 15 is 0 Å². The molecule has 1 unspecified atom stereocenters. The predicted octanol–water partition coefficient (Wildman–Crippen LogP) is 2.32. The first-order chi connectivity index (χ1) is 11.2. The van der Waals surface area contributed by atoms with Crippen molar-refractivity contribution in [2.75, 3.05) is 18.6 Å². The Morgan fingerprint density at radius 3 is 2.96 bits per heavy atom. The minimum atomic E-state index is 0.0511. The highest BCUT2D eigenvalue weighted by Gasteiger charge is 2.27. The zero-order valence-corrected chi connectivity index (χ0v) is 13.5. The lowest BCUT2D eigenvalue weighted by atomic mass is 9.99. The smallest absolute Gasteiger partial charge is 0.227 e. The number of hydrogen-bond acceptors (Lipinski definition) is 4. The van der Waals surface area contributed by atoms with Gasteiger partial charge in [0.1, 0.15) is 5.82 Å². The summed E-state index contributed by atoms with van der Waals surface area (Å²) in [6, 6.07) is 9.91. The second kappa shape index (κ2) is 6.87. The first-order valence-electron chi connectivity index (χ1n) is 7.87. The van der Waals surface area contributed by atoms with Crippen LogP contribution in [-0.4, -0.2) is 35.6 Å². The first-order valence-corrected chi connectivity index (χ1v) is 7.87. The number of fused-ring (bicyclic) bond motifs is 1. The predicted molar refractivity (Wildman–Crippen MR) is 88.4 cm³/mol. The van der Waals surface area contributed by atoms with E-state index in [2.05, 4.69) is 16.0 Å². The molecule has 0 saturated carbocycles.